The number of nitrogens with one attached hydrogen (secondary N) is 1. The number of amides is 2. The van der Waals surface area contributed by atoms with Crippen LogP contribution < -0.4 is 10.1 Å². The van der Waals surface area contributed by atoms with Crippen molar-refractivity contribution >= 4 is 11.8 Å². The Hall–Kier alpha value is -3.60. The number of hydrogen-bond acceptors (Lipinski definition) is 3. The number of carbonyl (C=O) groups is 2. The summed E-state index contributed by atoms with van der Waals surface area (Å²) in [5.74, 6) is 0.374. The average molecular weight is 513 g/mol. The largest absolute Gasteiger partial charge is 0.484 e. The van der Waals surface area contributed by atoms with Gasteiger partial charge in [0.05, 0.1) is 0 Å². The standard InChI is InChI=1S/C33H40N2O3/c1-24-18-25(2)20-30(19-24)38-23-32(36)35(22-28-15-11-10-12-26(28)3)31(21-27-13-6-4-7-14-27)33(37)34-29-16-8-5-9-17-29/h4,6-7,10-15,18-20,29,31H,5,8-9,16-17,21-23H2,1-3H3,(H,34,37)/t31-/m0/s1. The maximum absolute atomic E-state index is 13.9. The van der Waals surface area contributed by atoms with E-state index in [1.807, 2.05) is 87.5 Å². The summed E-state index contributed by atoms with van der Waals surface area (Å²) in [7, 11) is 0. The van der Waals surface area contributed by atoms with Crippen molar-refractivity contribution in [3.05, 3.63) is 101 Å². The third-order valence-corrected chi connectivity index (χ3v) is 7.38. The van der Waals surface area contributed by atoms with Gasteiger partial charge in [-0.1, -0.05) is 79.9 Å². The van der Waals surface area contributed by atoms with Crippen LogP contribution in [-0.2, 0) is 22.6 Å². The SMILES string of the molecule is Cc1cc(C)cc(OCC(=O)N(Cc2ccccc2C)[C@@H](Cc2ccccc2)C(=O)NC2CCCCC2)c1. The van der Waals surface area contributed by atoms with E-state index >= 15 is 0 Å². The summed E-state index contributed by atoms with van der Waals surface area (Å²) in [6.07, 6.45) is 5.90. The van der Waals surface area contributed by atoms with E-state index in [0.29, 0.717) is 18.7 Å². The summed E-state index contributed by atoms with van der Waals surface area (Å²) in [6, 6.07) is 23.4. The maximum Gasteiger partial charge on any atom is 0.261 e. The van der Waals surface area contributed by atoms with E-state index in [0.717, 1.165) is 53.5 Å². The minimum absolute atomic E-state index is 0.0888. The summed E-state index contributed by atoms with van der Waals surface area (Å²) in [5.41, 5.74) is 5.30. The number of hydrogen-bond donors (Lipinski definition) is 1. The molecular weight excluding hydrogens is 472 g/mol. The summed E-state index contributed by atoms with van der Waals surface area (Å²) in [5, 5.41) is 3.29. The van der Waals surface area contributed by atoms with Crippen LogP contribution in [0.5, 0.6) is 5.75 Å². The Morgan fingerprint density at radius 2 is 1.55 bits per heavy atom. The van der Waals surface area contributed by atoms with E-state index in [-0.39, 0.29) is 24.5 Å². The van der Waals surface area contributed by atoms with Crippen LogP contribution in [-0.4, -0.2) is 35.4 Å². The minimum atomic E-state index is -0.644. The molecule has 2 amide bonds. The van der Waals surface area contributed by atoms with Crippen molar-refractivity contribution < 1.29 is 14.3 Å². The van der Waals surface area contributed by atoms with Gasteiger partial charge in [0, 0.05) is 19.0 Å². The van der Waals surface area contributed by atoms with E-state index in [1.54, 1.807) is 4.90 Å². The first-order valence-corrected chi connectivity index (χ1v) is 13.8. The molecule has 0 spiro atoms. The fourth-order valence-corrected chi connectivity index (χ4v) is 5.31. The molecule has 5 nitrogen and oxygen atoms in total. The van der Waals surface area contributed by atoms with E-state index in [4.69, 9.17) is 4.74 Å². The lowest BCUT2D eigenvalue weighted by molar-refractivity contribution is -0.143. The molecule has 0 bridgehead atoms. The highest BCUT2D eigenvalue weighted by Crippen LogP contribution is 2.21. The maximum atomic E-state index is 13.9. The van der Waals surface area contributed by atoms with Gasteiger partial charge in [0.2, 0.25) is 5.91 Å². The molecule has 1 saturated carbocycles. The van der Waals surface area contributed by atoms with Gasteiger partial charge in [-0.05, 0) is 73.6 Å². The molecule has 0 radical (unpaired) electrons. The molecule has 0 unspecified atom stereocenters. The van der Waals surface area contributed by atoms with E-state index < -0.39 is 6.04 Å². The highest BCUT2D eigenvalue weighted by atomic mass is 16.5. The molecule has 3 aromatic carbocycles. The van der Waals surface area contributed by atoms with Crippen molar-refractivity contribution in [2.75, 3.05) is 6.61 Å². The smallest absolute Gasteiger partial charge is 0.261 e. The molecule has 1 atom stereocenters. The van der Waals surface area contributed by atoms with Gasteiger partial charge in [0.15, 0.2) is 6.61 Å². The fraction of sp³-hybridized carbons (Fsp3) is 0.394. The highest BCUT2D eigenvalue weighted by molar-refractivity contribution is 5.88. The van der Waals surface area contributed by atoms with Gasteiger partial charge in [0.25, 0.3) is 5.91 Å². The molecule has 0 saturated heterocycles. The summed E-state index contributed by atoms with van der Waals surface area (Å²) in [6.45, 7) is 6.28. The van der Waals surface area contributed by atoms with E-state index in [9.17, 15) is 9.59 Å². The first kappa shape index (κ1) is 27.4. The van der Waals surface area contributed by atoms with Crippen molar-refractivity contribution in [2.24, 2.45) is 0 Å². The lowest BCUT2D eigenvalue weighted by atomic mass is 9.94. The second-order valence-electron chi connectivity index (χ2n) is 10.6. The number of benzene rings is 3. The number of carbonyl (C=O) groups excluding carboxylic acids is 2. The van der Waals surface area contributed by atoms with Crippen LogP contribution >= 0.6 is 0 Å². The van der Waals surface area contributed by atoms with Crippen LogP contribution in [0.2, 0.25) is 0 Å². The second kappa shape index (κ2) is 13.3. The Bertz CT molecular complexity index is 1200. The lowest BCUT2D eigenvalue weighted by Gasteiger charge is -2.33. The number of aryl methyl sites for hydroxylation is 3. The van der Waals surface area contributed by atoms with Crippen LogP contribution in [0, 0.1) is 20.8 Å². The molecular formula is C33H40N2O3. The normalized spacial score (nSPS) is 14.5. The first-order chi connectivity index (χ1) is 18.4. The summed E-state index contributed by atoms with van der Waals surface area (Å²) in [4.78, 5) is 29.4. The third kappa shape index (κ3) is 7.70. The van der Waals surface area contributed by atoms with Crippen LogP contribution in [0.15, 0.2) is 72.8 Å². The quantitative estimate of drug-likeness (QED) is 0.358. The molecule has 38 heavy (non-hydrogen) atoms. The van der Waals surface area contributed by atoms with Gasteiger partial charge in [-0.15, -0.1) is 0 Å². The molecule has 0 heterocycles. The Morgan fingerprint density at radius 3 is 2.24 bits per heavy atom. The van der Waals surface area contributed by atoms with Crippen molar-refractivity contribution in [2.45, 2.75) is 77.9 Å². The lowest BCUT2D eigenvalue weighted by Crippen LogP contribution is -2.53. The van der Waals surface area contributed by atoms with Gasteiger partial charge < -0.3 is 15.0 Å². The van der Waals surface area contributed by atoms with Gasteiger partial charge in [0.1, 0.15) is 11.8 Å². The number of ether oxygens (including phenoxy) is 1. The van der Waals surface area contributed by atoms with Crippen molar-refractivity contribution in [3.63, 3.8) is 0 Å². The topological polar surface area (TPSA) is 58.6 Å². The highest BCUT2D eigenvalue weighted by Gasteiger charge is 2.32. The van der Waals surface area contributed by atoms with Gasteiger partial charge in [-0.25, -0.2) is 0 Å². The van der Waals surface area contributed by atoms with Gasteiger partial charge in [-0.3, -0.25) is 9.59 Å². The molecule has 4 rings (SSSR count). The second-order valence-corrected chi connectivity index (χ2v) is 10.6. The molecule has 1 aliphatic carbocycles. The minimum Gasteiger partial charge on any atom is -0.484 e. The van der Waals surface area contributed by atoms with Crippen LogP contribution in [0.3, 0.4) is 0 Å². The number of rotatable bonds is 10. The molecule has 5 heteroatoms. The molecule has 200 valence electrons. The summed E-state index contributed by atoms with van der Waals surface area (Å²) >= 11 is 0. The first-order valence-electron chi connectivity index (χ1n) is 13.8. The summed E-state index contributed by atoms with van der Waals surface area (Å²) < 4.78 is 5.99. The Kier molecular flexibility index (Phi) is 9.58. The zero-order valence-electron chi connectivity index (χ0n) is 22.9. The Labute approximate surface area is 227 Å². The van der Waals surface area contributed by atoms with Gasteiger partial charge >= 0.3 is 0 Å². The van der Waals surface area contributed by atoms with E-state index in [1.165, 1.54) is 6.42 Å². The fourth-order valence-electron chi connectivity index (χ4n) is 5.31. The number of nitrogens with zero attached hydrogens (tertiary/aromatic N) is 1. The molecule has 0 aliphatic heterocycles. The Balaban J connectivity index is 1.62. The van der Waals surface area contributed by atoms with Crippen LogP contribution in [0.1, 0.15) is 59.9 Å². The predicted molar refractivity (Wildman–Crippen MR) is 152 cm³/mol. The molecule has 1 N–H and O–H groups in total. The van der Waals surface area contributed by atoms with Crippen molar-refractivity contribution in [3.8, 4) is 5.75 Å². The average Bonchev–Trinajstić information content (AvgIpc) is 2.91. The Morgan fingerprint density at radius 1 is 0.895 bits per heavy atom. The molecule has 1 fully saturated rings. The molecule has 0 aromatic heterocycles. The van der Waals surface area contributed by atoms with E-state index in [2.05, 4.69) is 11.4 Å². The third-order valence-electron chi connectivity index (χ3n) is 7.38. The molecule has 3 aromatic rings. The van der Waals surface area contributed by atoms with Crippen molar-refractivity contribution in [1.82, 2.24) is 10.2 Å². The van der Waals surface area contributed by atoms with Crippen LogP contribution in [0.25, 0.3) is 0 Å². The zero-order chi connectivity index (χ0) is 26.9. The van der Waals surface area contributed by atoms with Crippen molar-refractivity contribution in [1.29, 1.82) is 0 Å². The van der Waals surface area contributed by atoms with Gasteiger partial charge in [-0.2, -0.15) is 0 Å². The van der Waals surface area contributed by atoms with Crippen LogP contribution in [0.4, 0.5) is 0 Å². The predicted octanol–water partition coefficient (Wildman–Crippen LogP) is 6.08. The zero-order valence-corrected chi connectivity index (χ0v) is 22.9. The molecule has 1 aliphatic rings. The monoisotopic (exact) mass is 512 g/mol.